The third kappa shape index (κ3) is 3.68. The number of benzene rings is 1. The number of amides is 1. The van der Waals surface area contributed by atoms with Crippen molar-refractivity contribution in [3.8, 4) is 0 Å². The van der Waals surface area contributed by atoms with Crippen LogP contribution in [0.15, 0.2) is 12.1 Å². The average molecular weight is 300 g/mol. The van der Waals surface area contributed by atoms with E-state index in [1.165, 1.54) is 12.1 Å². The summed E-state index contributed by atoms with van der Waals surface area (Å²) in [6, 6.07) is 1.99. The van der Waals surface area contributed by atoms with Crippen molar-refractivity contribution in [3.05, 3.63) is 32.8 Å². The number of aryl methyl sites for hydroxylation is 1. The van der Waals surface area contributed by atoms with Crippen LogP contribution in [0.2, 0.25) is 5.02 Å². The van der Waals surface area contributed by atoms with Crippen LogP contribution in [-0.2, 0) is 4.79 Å². The number of nitrogens with zero attached hydrogens (tertiary/aromatic N) is 1. The Kier molecular flexibility index (Phi) is 4.73. The number of rotatable bonds is 3. The summed E-state index contributed by atoms with van der Waals surface area (Å²) in [6.07, 6.45) is 0. The Hall–Kier alpha value is -1.66. The lowest BCUT2D eigenvalue weighted by Crippen LogP contribution is -2.45. The molecule has 1 atom stereocenters. The number of carbonyl (C=O) groups is 1. The summed E-state index contributed by atoms with van der Waals surface area (Å²) in [6.45, 7) is 7.22. The summed E-state index contributed by atoms with van der Waals surface area (Å²) in [4.78, 5) is 22.2. The molecule has 3 N–H and O–H groups in total. The lowest BCUT2D eigenvalue weighted by Gasteiger charge is -2.26. The first-order chi connectivity index (χ1) is 9.04. The Morgan fingerprint density at radius 1 is 1.45 bits per heavy atom. The first kappa shape index (κ1) is 16.4. The number of anilines is 1. The van der Waals surface area contributed by atoms with E-state index in [2.05, 4.69) is 5.32 Å². The summed E-state index contributed by atoms with van der Waals surface area (Å²) < 4.78 is 0. The monoisotopic (exact) mass is 299 g/mol. The molecule has 7 heteroatoms. The molecule has 0 fully saturated rings. The van der Waals surface area contributed by atoms with Gasteiger partial charge in [-0.05, 0) is 24.0 Å². The van der Waals surface area contributed by atoms with Crippen LogP contribution < -0.4 is 11.1 Å². The molecule has 0 saturated carbocycles. The minimum Gasteiger partial charge on any atom is -0.324 e. The zero-order valence-corrected chi connectivity index (χ0v) is 12.6. The molecule has 0 radical (unpaired) electrons. The molecule has 0 aliphatic carbocycles. The molecule has 1 amide bonds. The number of hydrogen-bond donors (Lipinski definition) is 2. The molecule has 1 rings (SSSR count). The number of nitro benzene ring substituents is 1. The Balaban J connectivity index is 3.03. The molecular weight excluding hydrogens is 282 g/mol. The second-order valence-corrected chi connectivity index (χ2v) is 6.12. The highest BCUT2D eigenvalue weighted by atomic mass is 35.5. The Labute approximate surface area is 122 Å². The number of halogens is 1. The summed E-state index contributed by atoms with van der Waals surface area (Å²) in [5.74, 6) is -0.356. The Morgan fingerprint density at radius 2 is 2.00 bits per heavy atom. The summed E-state index contributed by atoms with van der Waals surface area (Å²) in [7, 11) is 0. The van der Waals surface area contributed by atoms with Gasteiger partial charge in [0.15, 0.2) is 0 Å². The van der Waals surface area contributed by atoms with Gasteiger partial charge in [-0.3, -0.25) is 14.9 Å². The van der Waals surface area contributed by atoms with Crippen molar-refractivity contribution in [1.82, 2.24) is 0 Å². The van der Waals surface area contributed by atoms with Gasteiger partial charge in [0, 0.05) is 11.8 Å². The summed E-state index contributed by atoms with van der Waals surface area (Å²) in [5, 5.41) is 13.4. The molecule has 0 aromatic heterocycles. The van der Waals surface area contributed by atoms with Gasteiger partial charge in [-0.2, -0.15) is 0 Å². The van der Waals surface area contributed by atoms with Crippen LogP contribution in [-0.4, -0.2) is 16.9 Å². The smallest absolute Gasteiger partial charge is 0.288 e. The van der Waals surface area contributed by atoms with Crippen molar-refractivity contribution >= 4 is 28.9 Å². The maximum Gasteiger partial charge on any atom is 0.288 e. The van der Waals surface area contributed by atoms with Crippen LogP contribution in [0.3, 0.4) is 0 Å². The molecule has 1 unspecified atom stereocenters. The minimum atomic E-state index is -0.698. The van der Waals surface area contributed by atoms with Gasteiger partial charge in [-0.15, -0.1) is 0 Å². The molecule has 1 aromatic rings. The van der Waals surface area contributed by atoms with Crippen LogP contribution in [0, 0.1) is 22.5 Å². The van der Waals surface area contributed by atoms with E-state index >= 15 is 0 Å². The molecule has 0 saturated heterocycles. The van der Waals surface area contributed by atoms with Crippen LogP contribution in [0.5, 0.6) is 0 Å². The lowest BCUT2D eigenvalue weighted by molar-refractivity contribution is -0.384. The molecule has 0 spiro atoms. The molecule has 0 bridgehead atoms. The van der Waals surface area contributed by atoms with Gasteiger partial charge < -0.3 is 11.1 Å². The molecule has 1 aromatic carbocycles. The first-order valence-electron chi connectivity index (χ1n) is 6.05. The normalized spacial score (nSPS) is 12.9. The zero-order chi connectivity index (χ0) is 15.7. The largest absolute Gasteiger partial charge is 0.324 e. The summed E-state index contributed by atoms with van der Waals surface area (Å²) >= 11 is 5.83. The fraction of sp³-hybridized carbons (Fsp3) is 0.462. The first-order valence-corrected chi connectivity index (χ1v) is 6.43. The predicted octanol–water partition coefficient (Wildman–Crippen LogP) is 2.87. The molecule has 0 aliphatic rings. The van der Waals surface area contributed by atoms with Gasteiger partial charge in [0.05, 0.1) is 11.0 Å². The predicted molar refractivity (Wildman–Crippen MR) is 78.9 cm³/mol. The Bertz CT molecular complexity index is 553. The maximum absolute atomic E-state index is 12.0. The van der Waals surface area contributed by atoms with E-state index < -0.39 is 11.0 Å². The third-order valence-electron chi connectivity index (χ3n) is 2.96. The number of nitrogens with one attached hydrogen (secondary N) is 1. The van der Waals surface area contributed by atoms with Gasteiger partial charge in [0.25, 0.3) is 5.69 Å². The topological polar surface area (TPSA) is 98.3 Å². The van der Waals surface area contributed by atoms with Crippen molar-refractivity contribution < 1.29 is 9.72 Å². The van der Waals surface area contributed by atoms with Crippen LogP contribution in [0.4, 0.5) is 11.4 Å². The van der Waals surface area contributed by atoms with E-state index in [1.54, 1.807) is 6.92 Å². The molecule has 6 nitrogen and oxygen atoms in total. The summed E-state index contributed by atoms with van der Waals surface area (Å²) in [5.41, 5.74) is 6.25. The molecular formula is C13H18ClN3O3. The fourth-order valence-electron chi connectivity index (χ4n) is 1.54. The minimum absolute atomic E-state index is 0.0276. The second-order valence-electron chi connectivity index (χ2n) is 5.71. The average Bonchev–Trinajstić information content (AvgIpc) is 2.30. The Morgan fingerprint density at radius 3 is 2.45 bits per heavy atom. The SMILES string of the molecule is Cc1cc([N+](=O)[O-])c(Cl)cc1NC(=O)C(N)C(C)(C)C. The highest BCUT2D eigenvalue weighted by molar-refractivity contribution is 6.33. The number of nitrogens with two attached hydrogens (primary N) is 1. The second kappa shape index (κ2) is 5.76. The van der Waals surface area contributed by atoms with E-state index in [1.807, 2.05) is 20.8 Å². The highest BCUT2D eigenvalue weighted by Gasteiger charge is 2.28. The van der Waals surface area contributed by atoms with Crippen LogP contribution >= 0.6 is 11.6 Å². The van der Waals surface area contributed by atoms with Crippen molar-refractivity contribution in [2.75, 3.05) is 5.32 Å². The molecule has 0 heterocycles. The molecule has 20 heavy (non-hydrogen) atoms. The van der Waals surface area contributed by atoms with E-state index in [-0.39, 0.29) is 22.0 Å². The molecule has 0 aliphatic heterocycles. The number of carbonyl (C=O) groups excluding carboxylic acids is 1. The lowest BCUT2D eigenvalue weighted by atomic mass is 9.87. The zero-order valence-electron chi connectivity index (χ0n) is 11.9. The van der Waals surface area contributed by atoms with Crippen molar-refractivity contribution in [3.63, 3.8) is 0 Å². The van der Waals surface area contributed by atoms with Gasteiger partial charge in [-0.25, -0.2) is 0 Å². The third-order valence-corrected chi connectivity index (χ3v) is 3.27. The fourth-order valence-corrected chi connectivity index (χ4v) is 1.78. The van der Waals surface area contributed by atoms with E-state index in [0.717, 1.165) is 0 Å². The maximum atomic E-state index is 12.0. The van der Waals surface area contributed by atoms with Crippen LogP contribution in [0.25, 0.3) is 0 Å². The van der Waals surface area contributed by atoms with E-state index in [4.69, 9.17) is 17.3 Å². The highest BCUT2D eigenvalue weighted by Crippen LogP contribution is 2.31. The van der Waals surface area contributed by atoms with Crippen molar-refractivity contribution in [2.24, 2.45) is 11.1 Å². The quantitative estimate of drug-likeness (QED) is 0.662. The van der Waals surface area contributed by atoms with Gasteiger partial charge >= 0.3 is 0 Å². The van der Waals surface area contributed by atoms with Crippen molar-refractivity contribution in [2.45, 2.75) is 33.7 Å². The number of nitro groups is 1. The van der Waals surface area contributed by atoms with Gasteiger partial charge in [0.2, 0.25) is 5.91 Å². The van der Waals surface area contributed by atoms with Crippen molar-refractivity contribution in [1.29, 1.82) is 0 Å². The van der Waals surface area contributed by atoms with Gasteiger partial charge in [-0.1, -0.05) is 32.4 Å². The van der Waals surface area contributed by atoms with E-state index in [0.29, 0.717) is 11.3 Å². The van der Waals surface area contributed by atoms with Crippen LogP contribution in [0.1, 0.15) is 26.3 Å². The molecule has 110 valence electrons. The number of hydrogen-bond acceptors (Lipinski definition) is 4. The standard InChI is InChI=1S/C13H18ClN3O3/c1-7-5-10(17(19)20)8(14)6-9(7)16-12(18)11(15)13(2,3)4/h5-6,11H,15H2,1-4H3,(H,16,18). The van der Waals surface area contributed by atoms with Gasteiger partial charge in [0.1, 0.15) is 5.02 Å². The van der Waals surface area contributed by atoms with E-state index in [9.17, 15) is 14.9 Å².